The van der Waals surface area contributed by atoms with Gasteiger partial charge >= 0.3 is 0 Å². The number of amides is 1. The maximum Gasteiger partial charge on any atom is 0.243 e. The van der Waals surface area contributed by atoms with Crippen molar-refractivity contribution in [2.24, 2.45) is 11.7 Å². The number of nitrogens with one attached hydrogen (secondary N) is 1. The molecule has 9 heteroatoms. The number of anilines is 1. The molecule has 1 aliphatic rings. The SMILES string of the molecule is Cl.NC(C(=O)Nc1nc2cc(F)c(F)cc2s1)C1CCOCC1. The maximum absolute atomic E-state index is 13.2. The van der Waals surface area contributed by atoms with Crippen LogP contribution >= 0.6 is 23.7 Å². The van der Waals surface area contributed by atoms with Gasteiger partial charge in [0.05, 0.1) is 16.3 Å². The Balaban J connectivity index is 0.00000192. The number of thiazole rings is 1. The molecule has 2 heterocycles. The van der Waals surface area contributed by atoms with Crippen molar-refractivity contribution in [3.05, 3.63) is 23.8 Å². The number of nitrogens with zero attached hydrogens (tertiary/aromatic N) is 1. The van der Waals surface area contributed by atoms with E-state index < -0.39 is 17.7 Å². The van der Waals surface area contributed by atoms with Crippen LogP contribution in [0.1, 0.15) is 12.8 Å². The van der Waals surface area contributed by atoms with E-state index in [4.69, 9.17) is 10.5 Å². The fraction of sp³-hybridized carbons (Fsp3) is 0.429. The van der Waals surface area contributed by atoms with Gasteiger partial charge in [-0.1, -0.05) is 11.3 Å². The van der Waals surface area contributed by atoms with Gasteiger partial charge in [-0.2, -0.15) is 0 Å². The first-order chi connectivity index (χ1) is 10.5. The molecule has 1 aliphatic heterocycles. The third-order valence-electron chi connectivity index (χ3n) is 3.74. The molecular weight excluding hydrogens is 348 g/mol. The van der Waals surface area contributed by atoms with Crippen LogP contribution in [0.25, 0.3) is 10.2 Å². The minimum Gasteiger partial charge on any atom is -0.381 e. The van der Waals surface area contributed by atoms with Crippen LogP contribution in [0, 0.1) is 17.6 Å². The molecule has 5 nitrogen and oxygen atoms in total. The Morgan fingerprint density at radius 2 is 2.00 bits per heavy atom. The zero-order chi connectivity index (χ0) is 15.7. The lowest BCUT2D eigenvalue weighted by molar-refractivity contribution is -0.119. The number of ether oxygens (including phenoxy) is 1. The van der Waals surface area contributed by atoms with E-state index in [1.54, 1.807) is 0 Å². The summed E-state index contributed by atoms with van der Waals surface area (Å²) in [6.45, 7) is 1.21. The lowest BCUT2D eigenvalue weighted by Crippen LogP contribution is -2.43. The van der Waals surface area contributed by atoms with Crippen molar-refractivity contribution < 1.29 is 18.3 Å². The summed E-state index contributed by atoms with van der Waals surface area (Å²) in [5, 5.41) is 2.91. The maximum atomic E-state index is 13.2. The zero-order valence-electron chi connectivity index (χ0n) is 12.1. The second kappa shape index (κ2) is 7.48. The molecule has 23 heavy (non-hydrogen) atoms. The van der Waals surface area contributed by atoms with Crippen molar-refractivity contribution in [3.8, 4) is 0 Å². The van der Waals surface area contributed by atoms with Gasteiger partial charge in [0.15, 0.2) is 16.8 Å². The third-order valence-corrected chi connectivity index (χ3v) is 4.67. The van der Waals surface area contributed by atoms with Crippen LogP contribution in [-0.2, 0) is 9.53 Å². The summed E-state index contributed by atoms with van der Waals surface area (Å²) in [5.41, 5.74) is 6.28. The fourth-order valence-corrected chi connectivity index (χ4v) is 3.33. The van der Waals surface area contributed by atoms with Crippen molar-refractivity contribution in [3.63, 3.8) is 0 Å². The Kier molecular flexibility index (Phi) is 5.85. The van der Waals surface area contributed by atoms with Gasteiger partial charge in [-0.15, -0.1) is 12.4 Å². The minimum atomic E-state index is -0.963. The molecule has 0 radical (unpaired) electrons. The van der Waals surface area contributed by atoms with E-state index in [9.17, 15) is 13.6 Å². The molecule has 0 saturated carbocycles. The highest BCUT2D eigenvalue weighted by molar-refractivity contribution is 7.22. The van der Waals surface area contributed by atoms with E-state index in [1.165, 1.54) is 0 Å². The van der Waals surface area contributed by atoms with Gasteiger partial charge in [0.1, 0.15) is 0 Å². The van der Waals surface area contributed by atoms with Crippen LogP contribution in [0.15, 0.2) is 12.1 Å². The predicted octanol–water partition coefficient (Wildman–Crippen LogP) is 2.69. The standard InChI is InChI=1S/C14H15F2N3O2S.ClH/c15-8-5-10-11(6-9(8)16)22-14(18-10)19-13(20)12(17)7-1-3-21-4-2-7;/h5-7,12H,1-4,17H2,(H,18,19,20);1H. The first-order valence-corrected chi connectivity index (χ1v) is 7.76. The second-order valence-electron chi connectivity index (χ2n) is 5.22. The molecule has 0 aliphatic carbocycles. The molecule has 1 aromatic carbocycles. The molecular formula is C14H16ClF2N3O2S. The summed E-state index contributed by atoms with van der Waals surface area (Å²) >= 11 is 1.08. The van der Waals surface area contributed by atoms with Crippen LogP contribution in [0.4, 0.5) is 13.9 Å². The molecule has 1 fully saturated rings. The molecule has 1 saturated heterocycles. The summed E-state index contributed by atoms with van der Waals surface area (Å²) < 4.78 is 32.0. The Hall–Kier alpha value is -1.35. The topological polar surface area (TPSA) is 77.2 Å². The molecule has 2 aromatic rings. The monoisotopic (exact) mass is 363 g/mol. The van der Waals surface area contributed by atoms with E-state index in [2.05, 4.69) is 10.3 Å². The van der Waals surface area contributed by atoms with E-state index in [-0.39, 0.29) is 29.4 Å². The van der Waals surface area contributed by atoms with E-state index in [0.29, 0.717) is 23.4 Å². The molecule has 1 unspecified atom stereocenters. The highest BCUT2D eigenvalue weighted by Crippen LogP contribution is 2.28. The van der Waals surface area contributed by atoms with Gasteiger partial charge in [0, 0.05) is 19.3 Å². The van der Waals surface area contributed by atoms with Crippen LogP contribution in [0.2, 0.25) is 0 Å². The second-order valence-corrected chi connectivity index (χ2v) is 6.25. The normalized spacial score (nSPS) is 16.8. The van der Waals surface area contributed by atoms with Gasteiger partial charge in [-0.25, -0.2) is 13.8 Å². The smallest absolute Gasteiger partial charge is 0.243 e. The highest BCUT2D eigenvalue weighted by atomic mass is 35.5. The summed E-state index contributed by atoms with van der Waals surface area (Å²) in [4.78, 5) is 16.2. The highest BCUT2D eigenvalue weighted by Gasteiger charge is 2.27. The third kappa shape index (κ3) is 3.95. The predicted molar refractivity (Wildman–Crippen MR) is 86.9 cm³/mol. The number of aromatic nitrogens is 1. The lowest BCUT2D eigenvalue weighted by atomic mass is 9.92. The Morgan fingerprint density at radius 1 is 1.35 bits per heavy atom. The summed E-state index contributed by atoms with van der Waals surface area (Å²) in [6, 6.07) is 1.43. The van der Waals surface area contributed by atoms with Crippen molar-refractivity contribution in [2.45, 2.75) is 18.9 Å². The molecule has 1 aromatic heterocycles. The van der Waals surface area contributed by atoms with Gasteiger partial charge in [0.2, 0.25) is 5.91 Å². The Bertz CT molecular complexity index is 668. The number of hydrogen-bond donors (Lipinski definition) is 2. The number of halogens is 3. The van der Waals surface area contributed by atoms with E-state index in [1.807, 2.05) is 0 Å². The molecule has 1 amide bonds. The van der Waals surface area contributed by atoms with Gasteiger partial charge in [-0.05, 0) is 24.8 Å². The first-order valence-electron chi connectivity index (χ1n) is 6.94. The first kappa shape index (κ1) is 18.0. The van der Waals surface area contributed by atoms with Crippen LogP contribution in [0.5, 0.6) is 0 Å². The summed E-state index contributed by atoms with van der Waals surface area (Å²) in [7, 11) is 0. The Morgan fingerprint density at radius 3 is 2.70 bits per heavy atom. The van der Waals surface area contributed by atoms with E-state index in [0.717, 1.165) is 36.3 Å². The van der Waals surface area contributed by atoms with Crippen LogP contribution in [0.3, 0.4) is 0 Å². The van der Waals surface area contributed by atoms with Crippen molar-refractivity contribution >= 4 is 45.0 Å². The number of carbonyl (C=O) groups is 1. The number of nitrogens with two attached hydrogens (primary N) is 1. The Labute approximate surface area is 141 Å². The quantitative estimate of drug-likeness (QED) is 0.879. The molecule has 3 N–H and O–H groups in total. The number of benzene rings is 1. The summed E-state index contributed by atoms with van der Waals surface area (Å²) in [5.74, 6) is -2.17. The largest absolute Gasteiger partial charge is 0.381 e. The zero-order valence-corrected chi connectivity index (χ0v) is 13.7. The molecule has 0 bridgehead atoms. The van der Waals surface area contributed by atoms with Gasteiger partial charge < -0.3 is 15.8 Å². The molecule has 0 spiro atoms. The van der Waals surface area contributed by atoms with Crippen molar-refractivity contribution in [1.29, 1.82) is 0 Å². The lowest BCUT2D eigenvalue weighted by Gasteiger charge is -2.26. The number of rotatable bonds is 3. The number of carbonyl (C=O) groups excluding carboxylic acids is 1. The van der Waals surface area contributed by atoms with Crippen molar-refractivity contribution in [1.82, 2.24) is 4.98 Å². The van der Waals surface area contributed by atoms with Crippen LogP contribution in [-0.4, -0.2) is 30.1 Å². The molecule has 3 rings (SSSR count). The van der Waals surface area contributed by atoms with Crippen molar-refractivity contribution in [2.75, 3.05) is 18.5 Å². The average molecular weight is 364 g/mol. The summed E-state index contributed by atoms with van der Waals surface area (Å²) in [6.07, 6.45) is 1.48. The average Bonchev–Trinajstić information content (AvgIpc) is 2.89. The van der Waals surface area contributed by atoms with Gasteiger partial charge in [-0.3, -0.25) is 4.79 Å². The minimum absolute atomic E-state index is 0. The van der Waals surface area contributed by atoms with Crippen LogP contribution < -0.4 is 11.1 Å². The molecule has 126 valence electrons. The van der Waals surface area contributed by atoms with E-state index >= 15 is 0 Å². The fourth-order valence-electron chi connectivity index (χ4n) is 2.45. The van der Waals surface area contributed by atoms with Gasteiger partial charge in [0.25, 0.3) is 0 Å². The number of hydrogen-bond acceptors (Lipinski definition) is 5. The number of fused-ring (bicyclic) bond motifs is 1. The molecule has 1 atom stereocenters.